The van der Waals surface area contributed by atoms with Crippen LogP contribution in [0.15, 0.2) is 36.9 Å². The number of nitrogens with zero attached hydrogens (tertiary/aromatic N) is 3. The molecule has 0 aromatic heterocycles. The summed E-state index contributed by atoms with van der Waals surface area (Å²) in [5.41, 5.74) is 2.15. The second-order valence-corrected chi connectivity index (χ2v) is 7.49. The van der Waals surface area contributed by atoms with Crippen molar-refractivity contribution in [3.8, 4) is 0 Å². The Morgan fingerprint density at radius 1 is 1.15 bits per heavy atom. The van der Waals surface area contributed by atoms with Crippen LogP contribution in [0.1, 0.15) is 31.7 Å². The summed E-state index contributed by atoms with van der Waals surface area (Å²) in [5, 5.41) is 0. The number of benzene rings is 1. The van der Waals surface area contributed by atoms with Gasteiger partial charge in [0.2, 0.25) is 11.8 Å². The highest BCUT2D eigenvalue weighted by Crippen LogP contribution is 2.28. The summed E-state index contributed by atoms with van der Waals surface area (Å²) in [5.74, 6) is -0.117. The minimum atomic E-state index is -0.522. The highest BCUT2D eigenvalue weighted by Gasteiger charge is 2.40. The Labute approximate surface area is 156 Å². The summed E-state index contributed by atoms with van der Waals surface area (Å²) in [4.78, 5) is 31.6. The molecule has 0 aliphatic carbocycles. The fourth-order valence-electron chi connectivity index (χ4n) is 3.76. The number of hydrogen-bond donors (Lipinski definition) is 0. The van der Waals surface area contributed by atoms with E-state index in [1.807, 2.05) is 23.1 Å². The Hall–Kier alpha value is -2.14. The molecule has 0 saturated carbocycles. The maximum atomic E-state index is 12.8. The van der Waals surface area contributed by atoms with E-state index >= 15 is 0 Å². The van der Waals surface area contributed by atoms with Gasteiger partial charge < -0.3 is 9.80 Å². The largest absolute Gasteiger partial charge is 0.339 e. The van der Waals surface area contributed by atoms with Crippen molar-refractivity contribution < 1.29 is 9.59 Å². The van der Waals surface area contributed by atoms with Crippen LogP contribution >= 0.6 is 0 Å². The summed E-state index contributed by atoms with van der Waals surface area (Å²) in [6.45, 7) is 12.6. The first kappa shape index (κ1) is 18.6. The predicted molar refractivity (Wildman–Crippen MR) is 104 cm³/mol. The van der Waals surface area contributed by atoms with Crippen LogP contribution in [0.4, 0.5) is 5.69 Å². The molecule has 5 nitrogen and oxygen atoms in total. The number of carbonyl (C=O) groups is 2. The van der Waals surface area contributed by atoms with Crippen molar-refractivity contribution in [2.45, 2.75) is 26.2 Å². The molecule has 1 aromatic rings. The van der Waals surface area contributed by atoms with Gasteiger partial charge in [-0.3, -0.25) is 14.5 Å². The van der Waals surface area contributed by atoms with Gasteiger partial charge >= 0.3 is 0 Å². The summed E-state index contributed by atoms with van der Waals surface area (Å²) in [6, 6.07) is 8.13. The average Bonchev–Trinajstić information content (AvgIpc) is 3.03. The van der Waals surface area contributed by atoms with E-state index in [2.05, 4.69) is 37.5 Å². The first-order valence-electron chi connectivity index (χ1n) is 9.54. The normalized spacial score (nSPS) is 21.5. The minimum absolute atomic E-state index is 0.00504. The molecule has 0 bridgehead atoms. The molecule has 1 atom stereocenters. The van der Waals surface area contributed by atoms with E-state index in [4.69, 9.17) is 0 Å². The van der Waals surface area contributed by atoms with Gasteiger partial charge in [-0.05, 0) is 30.0 Å². The van der Waals surface area contributed by atoms with Crippen LogP contribution in [0.25, 0.3) is 0 Å². The van der Waals surface area contributed by atoms with Crippen molar-refractivity contribution in [1.29, 1.82) is 0 Å². The molecule has 26 heavy (non-hydrogen) atoms. The Kier molecular flexibility index (Phi) is 5.77. The standard InChI is InChI=1S/C21H29N3O2/c1-4-10-22-12-14-23(15-13-22)20(25)19-9-11-24(21(19)26)18-7-5-17(6-8-18)16(2)3/h4-8,16,19H,1,9-15H2,2-3H3/t19-/m0/s1. The van der Waals surface area contributed by atoms with E-state index in [9.17, 15) is 9.59 Å². The summed E-state index contributed by atoms with van der Waals surface area (Å²) in [7, 11) is 0. The number of carbonyl (C=O) groups excluding carboxylic acids is 2. The van der Waals surface area contributed by atoms with Gasteiger partial charge in [0.25, 0.3) is 0 Å². The van der Waals surface area contributed by atoms with Gasteiger partial charge in [0.1, 0.15) is 5.92 Å². The first-order chi connectivity index (χ1) is 12.5. The Bertz CT molecular complexity index is 660. The smallest absolute Gasteiger partial charge is 0.239 e. The molecule has 2 saturated heterocycles. The van der Waals surface area contributed by atoms with Crippen LogP contribution in [0.3, 0.4) is 0 Å². The van der Waals surface area contributed by atoms with Crippen molar-refractivity contribution in [3.05, 3.63) is 42.5 Å². The zero-order valence-corrected chi connectivity index (χ0v) is 15.9. The Balaban J connectivity index is 1.61. The average molecular weight is 355 g/mol. The quantitative estimate of drug-likeness (QED) is 0.602. The zero-order valence-electron chi connectivity index (χ0n) is 15.9. The molecule has 2 heterocycles. The van der Waals surface area contributed by atoms with Crippen molar-refractivity contribution in [2.75, 3.05) is 44.2 Å². The van der Waals surface area contributed by atoms with E-state index in [1.54, 1.807) is 4.90 Å². The second kappa shape index (κ2) is 8.04. The van der Waals surface area contributed by atoms with E-state index in [0.717, 1.165) is 25.3 Å². The van der Waals surface area contributed by atoms with Crippen molar-refractivity contribution >= 4 is 17.5 Å². The molecule has 3 rings (SSSR count). The number of piperazine rings is 1. The lowest BCUT2D eigenvalue weighted by atomic mass is 10.0. The van der Waals surface area contributed by atoms with Crippen molar-refractivity contribution in [2.24, 2.45) is 5.92 Å². The molecule has 2 aliphatic rings. The minimum Gasteiger partial charge on any atom is -0.339 e. The summed E-state index contributed by atoms with van der Waals surface area (Å²) in [6.07, 6.45) is 2.50. The lowest BCUT2D eigenvalue weighted by Gasteiger charge is -2.35. The molecule has 2 aliphatic heterocycles. The van der Waals surface area contributed by atoms with Crippen LogP contribution in [0.2, 0.25) is 0 Å². The molecule has 2 fully saturated rings. The lowest BCUT2D eigenvalue weighted by Crippen LogP contribution is -2.51. The number of anilines is 1. The van der Waals surface area contributed by atoms with E-state index in [1.165, 1.54) is 5.56 Å². The lowest BCUT2D eigenvalue weighted by molar-refractivity contribution is -0.141. The maximum absolute atomic E-state index is 12.8. The van der Waals surface area contributed by atoms with Gasteiger partial charge in [0.05, 0.1) is 0 Å². The van der Waals surface area contributed by atoms with Crippen LogP contribution in [-0.4, -0.2) is 60.9 Å². The zero-order chi connectivity index (χ0) is 18.7. The molecule has 0 N–H and O–H groups in total. The van der Waals surface area contributed by atoms with E-state index in [0.29, 0.717) is 32.0 Å². The molecule has 140 valence electrons. The Morgan fingerprint density at radius 2 is 1.81 bits per heavy atom. The highest BCUT2D eigenvalue weighted by atomic mass is 16.2. The van der Waals surface area contributed by atoms with Crippen LogP contribution in [0.5, 0.6) is 0 Å². The fourth-order valence-corrected chi connectivity index (χ4v) is 3.76. The third kappa shape index (κ3) is 3.83. The molecule has 5 heteroatoms. The van der Waals surface area contributed by atoms with Crippen LogP contribution in [-0.2, 0) is 9.59 Å². The monoisotopic (exact) mass is 355 g/mol. The molecular formula is C21H29N3O2. The summed E-state index contributed by atoms with van der Waals surface area (Å²) < 4.78 is 0. The van der Waals surface area contributed by atoms with Gasteiger partial charge in [-0.1, -0.05) is 32.1 Å². The molecule has 2 amide bonds. The molecule has 1 aromatic carbocycles. The predicted octanol–water partition coefficient (Wildman–Crippen LogP) is 2.49. The molecule has 0 radical (unpaired) electrons. The fraction of sp³-hybridized carbons (Fsp3) is 0.524. The highest BCUT2D eigenvalue weighted by molar-refractivity contribution is 6.09. The SMILES string of the molecule is C=CCN1CCN(C(=O)[C@@H]2CCN(c3ccc(C(C)C)cc3)C2=O)CC1. The van der Waals surface area contributed by atoms with Crippen LogP contribution < -0.4 is 4.90 Å². The number of rotatable bonds is 5. The van der Waals surface area contributed by atoms with Gasteiger partial charge in [-0.25, -0.2) is 0 Å². The Morgan fingerprint density at radius 3 is 2.38 bits per heavy atom. The topological polar surface area (TPSA) is 43.9 Å². The van der Waals surface area contributed by atoms with E-state index in [-0.39, 0.29) is 11.8 Å². The van der Waals surface area contributed by atoms with Gasteiger partial charge in [-0.2, -0.15) is 0 Å². The second-order valence-electron chi connectivity index (χ2n) is 7.49. The molecular weight excluding hydrogens is 326 g/mol. The third-order valence-electron chi connectivity index (χ3n) is 5.45. The van der Waals surface area contributed by atoms with E-state index < -0.39 is 5.92 Å². The number of hydrogen-bond acceptors (Lipinski definition) is 3. The summed E-state index contributed by atoms with van der Waals surface area (Å²) >= 11 is 0. The van der Waals surface area contributed by atoms with Gasteiger partial charge in [-0.15, -0.1) is 6.58 Å². The first-order valence-corrected chi connectivity index (χ1v) is 9.54. The molecule has 0 unspecified atom stereocenters. The van der Waals surface area contributed by atoms with Crippen LogP contribution in [0, 0.1) is 5.92 Å². The molecule has 0 spiro atoms. The van der Waals surface area contributed by atoms with Gasteiger partial charge in [0.15, 0.2) is 0 Å². The van der Waals surface area contributed by atoms with Crippen molar-refractivity contribution in [1.82, 2.24) is 9.80 Å². The number of amides is 2. The van der Waals surface area contributed by atoms with Gasteiger partial charge in [0, 0.05) is 45.0 Å². The van der Waals surface area contributed by atoms with Crippen molar-refractivity contribution in [3.63, 3.8) is 0 Å². The maximum Gasteiger partial charge on any atom is 0.239 e. The third-order valence-corrected chi connectivity index (χ3v) is 5.45.